The van der Waals surface area contributed by atoms with Gasteiger partial charge in [0.15, 0.2) is 6.29 Å². The molecule has 1 unspecified atom stereocenters. The van der Waals surface area contributed by atoms with Gasteiger partial charge < -0.3 is 9.84 Å². The number of ether oxygens (including phenoxy) is 1. The lowest BCUT2D eigenvalue weighted by molar-refractivity contribution is -0.0733. The SMILES string of the molecule is CC=CC(O)OCc1ccccc1. The van der Waals surface area contributed by atoms with Crippen LogP contribution in [0.25, 0.3) is 0 Å². The van der Waals surface area contributed by atoms with Crippen molar-refractivity contribution in [2.45, 2.75) is 19.8 Å². The number of benzene rings is 1. The van der Waals surface area contributed by atoms with Crippen LogP contribution < -0.4 is 0 Å². The summed E-state index contributed by atoms with van der Waals surface area (Å²) in [5, 5.41) is 9.20. The molecular weight excluding hydrogens is 164 g/mol. The molecule has 0 fully saturated rings. The van der Waals surface area contributed by atoms with Crippen LogP contribution in [-0.2, 0) is 11.3 Å². The smallest absolute Gasteiger partial charge is 0.174 e. The van der Waals surface area contributed by atoms with E-state index in [1.807, 2.05) is 37.3 Å². The van der Waals surface area contributed by atoms with Gasteiger partial charge in [0.05, 0.1) is 6.61 Å². The van der Waals surface area contributed by atoms with Crippen molar-refractivity contribution < 1.29 is 9.84 Å². The van der Waals surface area contributed by atoms with Crippen LogP contribution in [0.2, 0.25) is 0 Å². The number of hydrogen-bond acceptors (Lipinski definition) is 2. The van der Waals surface area contributed by atoms with E-state index in [-0.39, 0.29) is 0 Å². The molecule has 0 heterocycles. The Balaban J connectivity index is 2.35. The Bertz CT molecular complexity index is 254. The first-order valence-electron chi connectivity index (χ1n) is 4.29. The number of hydrogen-bond donors (Lipinski definition) is 1. The molecule has 0 aliphatic carbocycles. The number of rotatable bonds is 4. The lowest BCUT2D eigenvalue weighted by atomic mass is 10.2. The van der Waals surface area contributed by atoms with Crippen molar-refractivity contribution in [1.82, 2.24) is 0 Å². The fraction of sp³-hybridized carbons (Fsp3) is 0.273. The van der Waals surface area contributed by atoms with E-state index in [4.69, 9.17) is 4.74 Å². The monoisotopic (exact) mass is 178 g/mol. The van der Waals surface area contributed by atoms with Gasteiger partial charge in [-0.2, -0.15) is 0 Å². The highest BCUT2D eigenvalue weighted by atomic mass is 16.6. The third kappa shape index (κ3) is 3.87. The van der Waals surface area contributed by atoms with Gasteiger partial charge in [-0.15, -0.1) is 0 Å². The molecule has 1 aromatic carbocycles. The Morgan fingerprint density at radius 1 is 1.38 bits per heavy atom. The van der Waals surface area contributed by atoms with Crippen molar-refractivity contribution in [1.29, 1.82) is 0 Å². The van der Waals surface area contributed by atoms with Crippen molar-refractivity contribution in [3.63, 3.8) is 0 Å². The van der Waals surface area contributed by atoms with Crippen molar-refractivity contribution in [2.75, 3.05) is 0 Å². The molecule has 0 aromatic heterocycles. The average molecular weight is 178 g/mol. The van der Waals surface area contributed by atoms with E-state index in [1.165, 1.54) is 0 Å². The molecule has 0 saturated heterocycles. The van der Waals surface area contributed by atoms with E-state index < -0.39 is 6.29 Å². The third-order valence-electron chi connectivity index (χ3n) is 1.62. The average Bonchev–Trinajstić information content (AvgIpc) is 2.17. The lowest BCUT2D eigenvalue weighted by Crippen LogP contribution is -2.07. The first-order chi connectivity index (χ1) is 6.33. The van der Waals surface area contributed by atoms with E-state index in [0.717, 1.165) is 5.56 Å². The van der Waals surface area contributed by atoms with E-state index in [2.05, 4.69) is 0 Å². The molecule has 1 atom stereocenters. The highest BCUT2D eigenvalue weighted by molar-refractivity contribution is 5.13. The van der Waals surface area contributed by atoms with Crippen molar-refractivity contribution in [2.24, 2.45) is 0 Å². The largest absolute Gasteiger partial charge is 0.365 e. The summed E-state index contributed by atoms with van der Waals surface area (Å²) in [6.07, 6.45) is 2.56. The molecule has 0 radical (unpaired) electrons. The summed E-state index contributed by atoms with van der Waals surface area (Å²) < 4.78 is 5.14. The van der Waals surface area contributed by atoms with Crippen LogP contribution in [0.1, 0.15) is 12.5 Å². The van der Waals surface area contributed by atoms with Crippen molar-refractivity contribution in [3.8, 4) is 0 Å². The molecule has 0 saturated carbocycles. The van der Waals surface area contributed by atoms with Gasteiger partial charge in [0.1, 0.15) is 0 Å². The summed E-state index contributed by atoms with van der Waals surface area (Å²) in [7, 11) is 0. The standard InChI is InChI=1S/C11H14O2/c1-2-6-11(12)13-9-10-7-4-3-5-8-10/h2-8,11-12H,9H2,1H3. The minimum atomic E-state index is -0.801. The predicted octanol–water partition coefficient (Wildman–Crippen LogP) is 2.10. The molecule has 2 nitrogen and oxygen atoms in total. The normalized spacial score (nSPS) is 13.4. The molecule has 1 aromatic rings. The maximum absolute atomic E-state index is 9.20. The summed E-state index contributed by atoms with van der Waals surface area (Å²) in [5.41, 5.74) is 1.06. The molecule has 0 amide bonds. The molecule has 0 aliphatic heterocycles. The summed E-state index contributed by atoms with van der Waals surface area (Å²) in [6.45, 7) is 2.28. The van der Waals surface area contributed by atoms with Crippen LogP contribution in [0.5, 0.6) is 0 Å². The van der Waals surface area contributed by atoms with Gasteiger partial charge in [-0.3, -0.25) is 0 Å². The molecular formula is C11H14O2. The summed E-state index contributed by atoms with van der Waals surface area (Å²) in [6, 6.07) is 9.76. The topological polar surface area (TPSA) is 29.5 Å². The Labute approximate surface area is 78.5 Å². The number of aliphatic hydroxyl groups excluding tert-OH is 1. The molecule has 0 bridgehead atoms. The van der Waals surface area contributed by atoms with Crippen LogP contribution in [0, 0.1) is 0 Å². The van der Waals surface area contributed by atoms with Crippen LogP contribution in [-0.4, -0.2) is 11.4 Å². The zero-order chi connectivity index (χ0) is 9.52. The zero-order valence-electron chi connectivity index (χ0n) is 7.68. The zero-order valence-corrected chi connectivity index (χ0v) is 7.68. The van der Waals surface area contributed by atoms with Crippen LogP contribution >= 0.6 is 0 Å². The first-order valence-corrected chi connectivity index (χ1v) is 4.29. The number of allylic oxidation sites excluding steroid dienone is 1. The van der Waals surface area contributed by atoms with E-state index in [1.54, 1.807) is 12.2 Å². The highest BCUT2D eigenvalue weighted by Crippen LogP contribution is 2.02. The minimum Gasteiger partial charge on any atom is -0.365 e. The third-order valence-corrected chi connectivity index (χ3v) is 1.62. The Morgan fingerprint density at radius 3 is 2.69 bits per heavy atom. The minimum absolute atomic E-state index is 0.437. The van der Waals surface area contributed by atoms with Crippen LogP contribution in [0.3, 0.4) is 0 Å². The Hall–Kier alpha value is -1.12. The fourth-order valence-electron chi connectivity index (χ4n) is 0.976. The second kappa shape index (κ2) is 5.51. The molecule has 0 aliphatic rings. The highest BCUT2D eigenvalue weighted by Gasteiger charge is 1.97. The summed E-state index contributed by atoms with van der Waals surface area (Å²) in [5.74, 6) is 0. The second-order valence-electron chi connectivity index (χ2n) is 2.71. The molecule has 13 heavy (non-hydrogen) atoms. The van der Waals surface area contributed by atoms with Gasteiger partial charge in [0.25, 0.3) is 0 Å². The second-order valence-corrected chi connectivity index (χ2v) is 2.71. The van der Waals surface area contributed by atoms with Gasteiger partial charge in [-0.05, 0) is 18.6 Å². The quantitative estimate of drug-likeness (QED) is 0.565. The van der Waals surface area contributed by atoms with Gasteiger partial charge in [0, 0.05) is 0 Å². The van der Waals surface area contributed by atoms with E-state index >= 15 is 0 Å². The van der Waals surface area contributed by atoms with Gasteiger partial charge in [-0.25, -0.2) is 0 Å². The fourth-order valence-corrected chi connectivity index (χ4v) is 0.976. The first kappa shape index (κ1) is 9.96. The van der Waals surface area contributed by atoms with E-state index in [0.29, 0.717) is 6.61 Å². The van der Waals surface area contributed by atoms with E-state index in [9.17, 15) is 5.11 Å². The number of aliphatic hydroxyl groups is 1. The maximum Gasteiger partial charge on any atom is 0.174 e. The lowest BCUT2D eigenvalue weighted by Gasteiger charge is -2.07. The molecule has 1 rings (SSSR count). The summed E-state index contributed by atoms with van der Waals surface area (Å²) >= 11 is 0. The molecule has 2 heteroatoms. The Morgan fingerprint density at radius 2 is 2.08 bits per heavy atom. The van der Waals surface area contributed by atoms with Gasteiger partial charge in [-0.1, -0.05) is 36.4 Å². The molecule has 70 valence electrons. The van der Waals surface area contributed by atoms with Crippen LogP contribution in [0.15, 0.2) is 42.5 Å². The van der Waals surface area contributed by atoms with Crippen molar-refractivity contribution >= 4 is 0 Å². The van der Waals surface area contributed by atoms with Crippen LogP contribution in [0.4, 0.5) is 0 Å². The Kier molecular flexibility index (Phi) is 4.23. The molecule has 1 N–H and O–H groups in total. The van der Waals surface area contributed by atoms with Gasteiger partial charge >= 0.3 is 0 Å². The molecule has 0 spiro atoms. The van der Waals surface area contributed by atoms with Crippen molar-refractivity contribution in [3.05, 3.63) is 48.0 Å². The maximum atomic E-state index is 9.20. The summed E-state index contributed by atoms with van der Waals surface area (Å²) in [4.78, 5) is 0. The van der Waals surface area contributed by atoms with Gasteiger partial charge in [0.2, 0.25) is 0 Å². The predicted molar refractivity (Wildman–Crippen MR) is 52.1 cm³/mol.